The molecule has 0 aliphatic rings. The van der Waals surface area contributed by atoms with Crippen molar-refractivity contribution < 1.29 is 0 Å². The third kappa shape index (κ3) is 2.91. The molecule has 4 nitrogen and oxygen atoms in total. The second-order valence-electron chi connectivity index (χ2n) is 9.04. The highest BCUT2D eigenvalue weighted by atomic mass is 35.5. The van der Waals surface area contributed by atoms with Gasteiger partial charge in [-0.25, -0.2) is 0 Å². The van der Waals surface area contributed by atoms with E-state index in [1.165, 1.54) is 0 Å². The molecule has 0 N–H and O–H groups in total. The summed E-state index contributed by atoms with van der Waals surface area (Å²) in [6.07, 6.45) is 0. The summed E-state index contributed by atoms with van der Waals surface area (Å²) in [7, 11) is 0. The molecule has 178 valence electrons. The molecule has 0 aliphatic heterocycles. The number of para-hydroxylation sites is 4. The predicted octanol–water partition coefficient (Wildman–Crippen LogP) is 8.93. The topological polar surface area (TPSA) is 57.4 Å². The summed E-state index contributed by atoms with van der Waals surface area (Å²) in [6.45, 7) is 0. The van der Waals surface area contributed by atoms with Crippen LogP contribution in [0.5, 0.6) is 0 Å². The summed E-state index contributed by atoms with van der Waals surface area (Å²) in [6, 6.07) is 36.4. The number of fused-ring (bicyclic) bond motifs is 6. The first-order valence-electron chi connectivity index (χ1n) is 12.0. The summed E-state index contributed by atoms with van der Waals surface area (Å²) < 4.78 is 3.88. The van der Waals surface area contributed by atoms with Gasteiger partial charge in [-0.2, -0.15) is 10.5 Å². The summed E-state index contributed by atoms with van der Waals surface area (Å²) in [5.41, 5.74) is 4.70. The molecule has 0 bridgehead atoms. The number of hydrogen-bond donors (Lipinski definition) is 0. The molecule has 2 heterocycles. The zero-order valence-electron chi connectivity index (χ0n) is 19.8. The fourth-order valence-electron chi connectivity index (χ4n) is 5.62. The first-order valence-corrected chi connectivity index (χ1v) is 12.7. The van der Waals surface area contributed by atoms with Crippen molar-refractivity contribution in [3.8, 4) is 23.5 Å². The molecule has 6 heteroatoms. The molecule has 0 spiro atoms. The highest BCUT2D eigenvalue weighted by Gasteiger charge is 2.28. The van der Waals surface area contributed by atoms with Crippen LogP contribution < -0.4 is 0 Å². The second-order valence-corrected chi connectivity index (χ2v) is 9.79. The van der Waals surface area contributed by atoms with E-state index in [0.29, 0.717) is 11.4 Å². The van der Waals surface area contributed by atoms with Gasteiger partial charge < -0.3 is 9.13 Å². The Hall–Kier alpha value is -4.74. The average molecular weight is 527 g/mol. The number of rotatable bonds is 2. The van der Waals surface area contributed by atoms with E-state index in [0.717, 1.165) is 43.6 Å². The van der Waals surface area contributed by atoms with Gasteiger partial charge in [0.2, 0.25) is 0 Å². The van der Waals surface area contributed by atoms with Crippen LogP contribution in [0.1, 0.15) is 11.1 Å². The molecule has 0 saturated carbocycles. The second kappa shape index (κ2) is 8.40. The van der Waals surface area contributed by atoms with Gasteiger partial charge in [0.15, 0.2) is 0 Å². The summed E-state index contributed by atoms with van der Waals surface area (Å²) in [5, 5.41) is 25.4. The molecule has 7 aromatic rings. The van der Waals surface area contributed by atoms with Crippen molar-refractivity contribution in [2.45, 2.75) is 0 Å². The molecular weight excluding hydrogens is 511 g/mol. The molecule has 0 atom stereocenters. The lowest BCUT2D eigenvalue weighted by atomic mass is 10.1. The van der Waals surface area contributed by atoms with Gasteiger partial charge in [-0.05, 0) is 24.3 Å². The third-order valence-electron chi connectivity index (χ3n) is 7.16. The van der Waals surface area contributed by atoms with Crippen LogP contribution in [0, 0.1) is 22.7 Å². The van der Waals surface area contributed by atoms with E-state index in [-0.39, 0.29) is 21.2 Å². The lowest BCUT2D eigenvalue weighted by Crippen LogP contribution is -2.07. The van der Waals surface area contributed by atoms with Crippen molar-refractivity contribution in [2.75, 3.05) is 0 Å². The Bertz CT molecular complexity index is 1920. The normalized spacial score (nSPS) is 11.4. The minimum atomic E-state index is 0.178. The minimum Gasteiger partial charge on any atom is -0.306 e. The van der Waals surface area contributed by atoms with E-state index < -0.39 is 0 Å². The number of aromatic nitrogens is 2. The van der Waals surface area contributed by atoms with E-state index in [2.05, 4.69) is 12.1 Å². The van der Waals surface area contributed by atoms with Crippen LogP contribution in [0.2, 0.25) is 10.0 Å². The maximum atomic E-state index is 10.5. The van der Waals surface area contributed by atoms with Crippen molar-refractivity contribution in [3.05, 3.63) is 118 Å². The van der Waals surface area contributed by atoms with Crippen molar-refractivity contribution in [1.82, 2.24) is 9.13 Å². The van der Waals surface area contributed by atoms with Crippen molar-refractivity contribution in [1.29, 1.82) is 10.5 Å². The van der Waals surface area contributed by atoms with Crippen LogP contribution in [0.25, 0.3) is 55.0 Å². The Morgan fingerprint density at radius 3 is 0.974 bits per heavy atom. The van der Waals surface area contributed by atoms with Gasteiger partial charge in [0.25, 0.3) is 0 Å². The smallest absolute Gasteiger partial charge is 0.103 e. The van der Waals surface area contributed by atoms with Crippen molar-refractivity contribution in [3.63, 3.8) is 0 Å². The number of halogens is 2. The summed E-state index contributed by atoms with van der Waals surface area (Å²) in [5.74, 6) is 0. The van der Waals surface area contributed by atoms with Crippen LogP contribution in [0.3, 0.4) is 0 Å². The van der Waals surface area contributed by atoms with E-state index in [1.807, 2.05) is 106 Å². The number of hydrogen-bond acceptors (Lipinski definition) is 2. The van der Waals surface area contributed by atoms with Gasteiger partial charge in [0.1, 0.15) is 12.1 Å². The molecule has 0 amide bonds. The third-order valence-corrected chi connectivity index (χ3v) is 7.90. The van der Waals surface area contributed by atoms with Crippen LogP contribution in [0.4, 0.5) is 0 Å². The Morgan fingerprint density at radius 2 is 0.711 bits per heavy atom. The van der Waals surface area contributed by atoms with Crippen LogP contribution >= 0.6 is 23.2 Å². The van der Waals surface area contributed by atoms with Crippen molar-refractivity contribution >= 4 is 66.8 Å². The van der Waals surface area contributed by atoms with Gasteiger partial charge >= 0.3 is 0 Å². The lowest BCUT2D eigenvalue weighted by molar-refractivity contribution is 1.12. The van der Waals surface area contributed by atoms with E-state index >= 15 is 0 Å². The molecule has 38 heavy (non-hydrogen) atoms. The number of nitriles is 2. The van der Waals surface area contributed by atoms with Crippen LogP contribution in [-0.4, -0.2) is 9.13 Å². The minimum absolute atomic E-state index is 0.178. The molecule has 0 saturated heterocycles. The largest absolute Gasteiger partial charge is 0.306 e. The number of benzene rings is 5. The SMILES string of the molecule is N#Cc1c(Cl)c(-n2c3ccccc3c3ccccc32)c(C#N)c(Cl)c1-n1c2ccccc2c2ccccc21. The Balaban J connectivity index is 1.68. The predicted molar refractivity (Wildman–Crippen MR) is 155 cm³/mol. The molecule has 0 fully saturated rings. The standard InChI is InChI=1S/C32H16Cl2N4/c33-29-24(18-36)32(38-27-15-7-3-11-21(27)22-12-4-8-16-28(22)38)30(34)23(17-35)31(29)37-25-13-5-1-9-19(25)20-10-2-6-14-26(20)37/h1-16H. The molecular formula is C32H16Cl2N4. The van der Waals surface area contributed by atoms with Gasteiger partial charge in [-0.3, -0.25) is 0 Å². The lowest BCUT2D eigenvalue weighted by Gasteiger charge is -2.19. The zero-order valence-corrected chi connectivity index (χ0v) is 21.3. The van der Waals surface area contributed by atoms with Gasteiger partial charge in [0, 0.05) is 21.5 Å². The molecule has 0 radical (unpaired) electrons. The molecule has 2 aromatic heterocycles. The van der Waals surface area contributed by atoms with Crippen molar-refractivity contribution in [2.24, 2.45) is 0 Å². The molecule has 0 unspecified atom stereocenters. The molecule has 0 aliphatic carbocycles. The first-order chi connectivity index (χ1) is 18.7. The Morgan fingerprint density at radius 1 is 0.447 bits per heavy atom. The fourth-order valence-corrected chi connectivity index (χ4v) is 6.24. The molecule has 5 aromatic carbocycles. The summed E-state index contributed by atoms with van der Waals surface area (Å²) in [4.78, 5) is 0. The maximum absolute atomic E-state index is 10.5. The van der Waals surface area contributed by atoms with E-state index in [4.69, 9.17) is 23.2 Å². The molecule has 7 rings (SSSR count). The maximum Gasteiger partial charge on any atom is 0.103 e. The van der Waals surface area contributed by atoms with E-state index in [1.54, 1.807) is 0 Å². The van der Waals surface area contributed by atoms with Gasteiger partial charge in [-0.1, -0.05) is 96.0 Å². The highest BCUT2D eigenvalue weighted by Crippen LogP contribution is 2.45. The Kier molecular flexibility index (Phi) is 4.96. The highest BCUT2D eigenvalue weighted by molar-refractivity contribution is 6.39. The van der Waals surface area contributed by atoms with E-state index in [9.17, 15) is 10.5 Å². The van der Waals surface area contributed by atoms with Crippen LogP contribution in [0.15, 0.2) is 97.1 Å². The first kappa shape index (κ1) is 22.5. The monoisotopic (exact) mass is 526 g/mol. The van der Waals surface area contributed by atoms with Gasteiger partial charge in [0.05, 0.1) is 54.6 Å². The zero-order chi connectivity index (χ0) is 26.0. The Labute approximate surface area is 227 Å². The average Bonchev–Trinajstić information content (AvgIpc) is 3.47. The fraction of sp³-hybridized carbons (Fsp3) is 0. The van der Waals surface area contributed by atoms with Gasteiger partial charge in [-0.15, -0.1) is 0 Å². The summed E-state index contributed by atoms with van der Waals surface area (Å²) >= 11 is 14.2. The van der Waals surface area contributed by atoms with Crippen LogP contribution in [-0.2, 0) is 0 Å². The number of nitrogens with zero attached hydrogens (tertiary/aromatic N) is 4. The quantitative estimate of drug-likeness (QED) is 0.225.